The van der Waals surface area contributed by atoms with Crippen molar-refractivity contribution < 1.29 is 14.3 Å². The quantitative estimate of drug-likeness (QED) is 0.721. The molecule has 5 rings (SSSR count). The summed E-state index contributed by atoms with van der Waals surface area (Å²) < 4.78 is 10.7. The maximum absolute atomic E-state index is 12.8. The summed E-state index contributed by atoms with van der Waals surface area (Å²) in [6.07, 6.45) is 1.78. The molecule has 3 heterocycles. The van der Waals surface area contributed by atoms with Crippen molar-refractivity contribution in [2.45, 2.75) is 13.1 Å². The highest BCUT2D eigenvalue weighted by Crippen LogP contribution is 2.40. The molecule has 2 aromatic carbocycles. The molecule has 28 heavy (non-hydrogen) atoms. The third-order valence-electron chi connectivity index (χ3n) is 4.89. The fraction of sp³-hybridized carbons (Fsp3) is 0.143. The lowest BCUT2D eigenvalue weighted by atomic mass is 10.1. The minimum Gasteiger partial charge on any atom is -0.454 e. The van der Waals surface area contributed by atoms with Gasteiger partial charge in [-0.05, 0) is 41.5 Å². The van der Waals surface area contributed by atoms with Crippen LogP contribution in [0.2, 0.25) is 5.02 Å². The zero-order valence-electron chi connectivity index (χ0n) is 14.8. The van der Waals surface area contributed by atoms with Crippen molar-refractivity contribution in [1.29, 1.82) is 0 Å². The highest BCUT2D eigenvalue weighted by molar-refractivity contribution is 6.32. The Morgan fingerprint density at radius 1 is 1.11 bits per heavy atom. The molecule has 6 nitrogen and oxygen atoms in total. The van der Waals surface area contributed by atoms with Gasteiger partial charge < -0.3 is 19.7 Å². The van der Waals surface area contributed by atoms with Gasteiger partial charge in [-0.25, -0.2) is 4.98 Å². The highest BCUT2D eigenvalue weighted by atomic mass is 35.5. The molecule has 0 radical (unpaired) electrons. The van der Waals surface area contributed by atoms with E-state index in [9.17, 15) is 4.79 Å². The van der Waals surface area contributed by atoms with E-state index in [1.165, 1.54) is 5.56 Å². The predicted molar refractivity (Wildman–Crippen MR) is 106 cm³/mol. The van der Waals surface area contributed by atoms with Gasteiger partial charge in [0.2, 0.25) is 6.79 Å². The summed E-state index contributed by atoms with van der Waals surface area (Å²) in [6, 6.07) is 15.0. The summed E-state index contributed by atoms with van der Waals surface area (Å²) in [7, 11) is 0. The van der Waals surface area contributed by atoms with Crippen molar-refractivity contribution in [2.75, 3.05) is 17.0 Å². The number of aromatic nitrogens is 1. The molecule has 1 aromatic heterocycles. The molecule has 2 aliphatic rings. The number of hydrogen-bond acceptors (Lipinski definition) is 5. The van der Waals surface area contributed by atoms with Gasteiger partial charge in [0, 0.05) is 30.5 Å². The van der Waals surface area contributed by atoms with Gasteiger partial charge in [-0.1, -0.05) is 29.8 Å². The van der Waals surface area contributed by atoms with E-state index >= 15 is 0 Å². The van der Waals surface area contributed by atoms with Gasteiger partial charge in [-0.15, -0.1) is 0 Å². The highest BCUT2D eigenvalue weighted by Gasteiger charge is 2.25. The maximum Gasteiger partial charge on any atom is 0.255 e. The first-order valence-corrected chi connectivity index (χ1v) is 9.24. The first kappa shape index (κ1) is 16.9. The summed E-state index contributed by atoms with van der Waals surface area (Å²) in [5.74, 6) is 1.63. The third-order valence-corrected chi connectivity index (χ3v) is 5.17. The van der Waals surface area contributed by atoms with Crippen molar-refractivity contribution in [1.82, 2.24) is 4.98 Å². The fourth-order valence-electron chi connectivity index (χ4n) is 3.53. The van der Waals surface area contributed by atoms with E-state index in [4.69, 9.17) is 21.1 Å². The van der Waals surface area contributed by atoms with Gasteiger partial charge in [0.05, 0.1) is 5.02 Å². The van der Waals surface area contributed by atoms with Crippen LogP contribution in [-0.2, 0) is 13.1 Å². The number of nitrogens with zero attached hydrogens (tertiary/aromatic N) is 2. The molecule has 0 aliphatic carbocycles. The number of ether oxygens (including phenoxy) is 2. The normalized spacial score (nSPS) is 14.1. The molecular weight excluding hydrogens is 378 g/mol. The Kier molecular flexibility index (Phi) is 4.06. The average Bonchev–Trinajstić information content (AvgIpc) is 3.36. The number of hydrogen-bond donors (Lipinski definition) is 1. The van der Waals surface area contributed by atoms with E-state index < -0.39 is 0 Å². The Bertz CT molecular complexity index is 1070. The van der Waals surface area contributed by atoms with Crippen molar-refractivity contribution in [2.24, 2.45) is 0 Å². The molecule has 1 amide bonds. The number of fused-ring (bicyclic) bond motifs is 2. The summed E-state index contributed by atoms with van der Waals surface area (Å²) in [5.41, 5.74) is 3.47. The molecule has 0 bridgehead atoms. The van der Waals surface area contributed by atoms with Crippen LogP contribution in [0.3, 0.4) is 0 Å². The van der Waals surface area contributed by atoms with E-state index in [2.05, 4.69) is 21.3 Å². The number of carbonyl (C=O) groups excluding carboxylic acids is 1. The van der Waals surface area contributed by atoms with Crippen LogP contribution < -0.4 is 19.7 Å². The van der Waals surface area contributed by atoms with Crippen LogP contribution >= 0.6 is 11.6 Å². The van der Waals surface area contributed by atoms with Gasteiger partial charge in [-0.3, -0.25) is 4.79 Å². The zero-order chi connectivity index (χ0) is 19.1. The van der Waals surface area contributed by atoms with E-state index in [0.717, 1.165) is 23.6 Å². The number of benzene rings is 2. The minimum atomic E-state index is -0.245. The molecule has 0 saturated carbocycles. The largest absolute Gasteiger partial charge is 0.454 e. The van der Waals surface area contributed by atoms with Crippen LogP contribution in [0, 0.1) is 0 Å². The molecule has 140 valence electrons. The van der Waals surface area contributed by atoms with Crippen LogP contribution in [0.1, 0.15) is 21.5 Å². The Balaban J connectivity index is 1.40. The molecule has 0 atom stereocenters. The average molecular weight is 394 g/mol. The summed E-state index contributed by atoms with van der Waals surface area (Å²) in [6.45, 7) is 1.55. The molecular formula is C21H16ClN3O3. The van der Waals surface area contributed by atoms with E-state index in [-0.39, 0.29) is 12.7 Å². The Labute approximate surface area is 166 Å². The number of pyridine rings is 1. The first-order valence-electron chi connectivity index (χ1n) is 8.86. The molecule has 1 N–H and O–H groups in total. The van der Waals surface area contributed by atoms with E-state index in [0.29, 0.717) is 28.6 Å². The molecule has 0 unspecified atom stereocenters. The Hall–Kier alpha value is -3.25. The standard InChI is InChI=1S/C21H16ClN3O3/c22-16-8-14(9-18-20(16)28-12-27-18)21(26)24-17-5-3-4-13-10-25(11-15(13)17)19-6-1-2-7-23-19/h1-9H,10-12H2,(H,24,26). The van der Waals surface area contributed by atoms with Gasteiger partial charge in [0.25, 0.3) is 5.91 Å². The zero-order valence-corrected chi connectivity index (χ0v) is 15.6. The molecule has 7 heteroatoms. The van der Waals surface area contributed by atoms with Crippen LogP contribution in [0.25, 0.3) is 0 Å². The second kappa shape index (κ2) is 6.73. The fourth-order valence-corrected chi connectivity index (χ4v) is 3.80. The van der Waals surface area contributed by atoms with Crippen molar-refractivity contribution in [3.05, 3.63) is 76.4 Å². The second-order valence-electron chi connectivity index (χ2n) is 6.63. The smallest absolute Gasteiger partial charge is 0.255 e. The van der Waals surface area contributed by atoms with Gasteiger partial charge in [0.15, 0.2) is 11.5 Å². The van der Waals surface area contributed by atoms with Gasteiger partial charge in [0.1, 0.15) is 5.82 Å². The van der Waals surface area contributed by atoms with Crippen LogP contribution in [0.5, 0.6) is 11.5 Å². The van der Waals surface area contributed by atoms with Gasteiger partial charge in [-0.2, -0.15) is 0 Å². The van der Waals surface area contributed by atoms with Crippen LogP contribution in [0.4, 0.5) is 11.5 Å². The van der Waals surface area contributed by atoms with E-state index in [1.54, 1.807) is 18.3 Å². The van der Waals surface area contributed by atoms with Crippen molar-refractivity contribution in [3.63, 3.8) is 0 Å². The predicted octanol–water partition coefficient (Wildman–Crippen LogP) is 4.24. The number of rotatable bonds is 3. The monoisotopic (exact) mass is 393 g/mol. The number of nitrogens with one attached hydrogen (secondary N) is 1. The second-order valence-corrected chi connectivity index (χ2v) is 7.04. The van der Waals surface area contributed by atoms with Crippen molar-refractivity contribution in [3.8, 4) is 11.5 Å². The number of carbonyl (C=O) groups is 1. The van der Waals surface area contributed by atoms with E-state index in [1.807, 2.05) is 30.3 Å². The minimum absolute atomic E-state index is 0.107. The van der Waals surface area contributed by atoms with Gasteiger partial charge >= 0.3 is 0 Å². The van der Waals surface area contributed by atoms with Crippen molar-refractivity contribution >= 4 is 29.0 Å². The number of anilines is 2. The summed E-state index contributed by atoms with van der Waals surface area (Å²) >= 11 is 6.20. The lowest BCUT2D eigenvalue weighted by molar-refractivity contribution is 0.102. The topological polar surface area (TPSA) is 63.7 Å². The summed E-state index contributed by atoms with van der Waals surface area (Å²) in [5, 5.41) is 3.37. The maximum atomic E-state index is 12.8. The molecule has 0 spiro atoms. The Morgan fingerprint density at radius 3 is 2.89 bits per heavy atom. The first-order chi connectivity index (χ1) is 13.7. The third kappa shape index (κ3) is 2.92. The summed E-state index contributed by atoms with van der Waals surface area (Å²) in [4.78, 5) is 19.4. The molecule has 3 aromatic rings. The molecule has 2 aliphatic heterocycles. The molecule has 0 fully saturated rings. The van der Waals surface area contributed by atoms with Crippen LogP contribution in [-0.4, -0.2) is 17.7 Å². The number of amides is 1. The Morgan fingerprint density at radius 2 is 2.04 bits per heavy atom. The molecule has 0 saturated heterocycles. The SMILES string of the molecule is O=C(Nc1cccc2c1CN(c1ccccn1)C2)c1cc(Cl)c2c(c1)OCO2. The lowest BCUT2D eigenvalue weighted by Gasteiger charge is -2.16. The van der Waals surface area contributed by atoms with Crippen LogP contribution in [0.15, 0.2) is 54.7 Å². The lowest BCUT2D eigenvalue weighted by Crippen LogP contribution is -2.16. The number of halogens is 1.